The molecule has 1 saturated carbocycles. The van der Waals surface area contributed by atoms with Crippen LogP contribution in [-0.2, 0) is 18.6 Å². The molecule has 0 bridgehead atoms. The Morgan fingerprint density at radius 2 is 2.00 bits per heavy atom. The number of nitrogens with two attached hydrogens (primary N) is 1. The molecule has 0 amide bonds. The number of benzene rings is 1. The lowest BCUT2D eigenvalue weighted by molar-refractivity contribution is 0.559. The number of hydrogen-bond donors (Lipinski definition) is 1. The van der Waals surface area contributed by atoms with E-state index in [2.05, 4.69) is 16.3 Å². The van der Waals surface area contributed by atoms with E-state index < -0.39 is 0 Å². The molecule has 3 aromatic rings. The van der Waals surface area contributed by atoms with Crippen LogP contribution in [0.1, 0.15) is 42.0 Å². The van der Waals surface area contributed by atoms with Crippen LogP contribution in [-0.4, -0.2) is 14.8 Å². The van der Waals surface area contributed by atoms with Gasteiger partial charge >= 0.3 is 5.63 Å². The van der Waals surface area contributed by atoms with Crippen LogP contribution < -0.4 is 11.4 Å². The summed E-state index contributed by atoms with van der Waals surface area (Å²) >= 11 is 1.57. The van der Waals surface area contributed by atoms with Crippen molar-refractivity contribution in [3.05, 3.63) is 45.3 Å². The maximum absolute atomic E-state index is 12.0. The van der Waals surface area contributed by atoms with E-state index in [0.29, 0.717) is 23.3 Å². The van der Waals surface area contributed by atoms with Crippen molar-refractivity contribution >= 4 is 28.7 Å². The van der Waals surface area contributed by atoms with E-state index in [1.54, 1.807) is 17.8 Å². The third-order valence-corrected chi connectivity index (χ3v) is 5.99. The number of fused-ring (bicyclic) bond motifs is 2. The second kappa shape index (κ2) is 5.62. The zero-order valence-corrected chi connectivity index (χ0v) is 14.5. The molecule has 128 valence electrons. The minimum Gasteiger partial charge on any atom is -0.423 e. The lowest BCUT2D eigenvalue weighted by Gasteiger charge is -2.09. The molecule has 1 aromatic carbocycles. The first-order valence-electron chi connectivity index (χ1n) is 8.61. The Balaban J connectivity index is 1.51. The van der Waals surface area contributed by atoms with Gasteiger partial charge in [-0.15, -0.1) is 10.2 Å². The zero-order chi connectivity index (χ0) is 17.0. The largest absolute Gasteiger partial charge is 0.423 e. The van der Waals surface area contributed by atoms with E-state index in [4.69, 9.17) is 10.2 Å². The van der Waals surface area contributed by atoms with Crippen LogP contribution in [0, 0.1) is 0 Å². The molecular weight excluding hydrogens is 336 g/mol. The van der Waals surface area contributed by atoms with Gasteiger partial charge in [-0.2, -0.15) is 0 Å². The number of aromatic nitrogens is 3. The first-order chi connectivity index (χ1) is 12.2. The van der Waals surface area contributed by atoms with Crippen molar-refractivity contribution in [3.63, 3.8) is 0 Å². The molecule has 2 heterocycles. The Morgan fingerprint density at radius 3 is 2.80 bits per heavy atom. The highest BCUT2D eigenvalue weighted by atomic mass is 32.2. The van der Waals surface area contributed by atoms with Crippen LogP contribution in [0.25, 0.3) is 11.0 Å². The molecule has 6 nitrogen and oxygen atoms in total. The Hall–Kier alpha value is -2.28. The molecule has 0 aliphatic heterocycles. The summed E-state index contributed by atoms with van der Waals surface area (Å²) in [4.78, 5) is 12.0. The quantitative estimate of drug-likeness (QED) is 0.572. The second-order valence-corrected chi connectivity index (χ2v) is 7.73. The lowest BCUT2D eigenvalue weighted by atomic mass is 10.0. The van der Waals surface area contributed by atoms with Crippen molar-refractivity contribution in [1.29, 1.82) is 0 Å². The number of aryl methyl sites for hydroxylation is 2. The third-order valence-electron chi connectivity index (χ3n) is 5.00. The normalized spacial score (nSPS) is 16.5. The fourth-order valence-electron chi connectivity index (χ4n) is 3.62. The van der Waals surface area contributed by atoms with Crippen LogP contribution in [0.3, 0.4) is 0 Å². The number of anilines is 1. The van der Waals surface area contributed by atoms with Crippen LogP contribution >= 0.6 is 11.8 Å². The van der Waals surface area contributed by atoms with E-state index in [1.807, 2.05) is 10.6 Å². The van der Waals surface area contributed by atoms with Gasteiger partial charge in [0.15, 0.2) is 5.16 Å². The van der Waals surface area contributed by atoms with Gasteiger partial charge in [-0.25, -0.2) is 4.79 Å². The van der Waals surface area contributed by atoms with Gasteiger partial charge in [0.25, 0.3) is 0 Å². The van der Waals surface area contributed by atoms with Crippen molar-refractivity contribution in [1.82, 2.24) is 14.8 Å². The van der Waals surface area contributed by atoms with Crippen LogP contribution in [0.2, 0.25) is 0 Å². The van der Waals surface area contributed by atoms with Crippen molar-refractivity contribution in [2.75, 3.05) is 5.73 Å². The Labute approximate surface area is 148 Å². The molecule has 5 rings (SSSR count). The number of thioether (sulfide) groups is 1. The minimum atomic E-state index is -0.302. The molecule has 0 unspecified atom stereocenters. The van der Waals surface area contributed by atoms with Crippen LogP contribution in [0.5, 0.6) is 0 Å². The van der Waals surface area contributed by atoms with Gasteiger partial charge < -0.3 is 10.2 Å². The van der Waals surface area contributed by atoms with Gasteiger partial charge in [-0.05, 0) is 60.9 Å². The molecule has 0 spiro atoms. The van der Waals surface area contributed by atoms with Gasteiger partial charge in [0.1, 0.15) is 5.58 Å². The summed E-state index contributed by atoms with van der Waals surface area (Å²) in [6.45, 7) is 0. The first kappa shape index (κ1) is 15.0. The first-order valence-corrected chi connectivity index (χ1v) is 9.59. The van der Waals surface area contributed by atoms with Gasteiger partial charge in [0.05, 0.1) is 0 Å². The predicted molar refractivity (Wildman–Crippen MR) is 96.8 cm³/mol. The molecule has 2 aliphatic rings. The fraction of sp³-hybridized carbons (Fsp3) is 0.389. The minimum absolute atomic E-state index is 0.302. The predicted octanol–water partition coefficient (Wildman–Crippen LogP) is 3.08. The van der Waals surface area contributed by atoms with Crippen molar-refractivity contribution < 1.29 is 4.42 Å². The van der Waals surface area contributed by atoms with Crippen molar-refractivity contribution in [2.45, 2.75) is 49.1 Å². The van der Waals surface area contributed by atoms with Gasteiger partial charge in [0.2, 0.25) is 5.95 Å². The molecule has 7 heteroatoms. The van der Waals surface area contributed by atoms with E-state index in [0.717, 1.165) is 41.8 Å². The number of rotatable bonds is 4. The second-order valence-electron chi connectivity index (χ2n) is 6.79. The van der Waals surface area contributed by atoms with Gasteiger partial charge in [0, 0.05) is 23.2 Å². The summed E-state index contributed by atoms with van der Waals surface area (Å²) in [5.41, 5.74) is 9.99. The maximum Gasteiger partial charge on any atom is 0.336 e. The summed E-state index contributed by atoms with van der Waals surface area (Å²) in [5.74, 6) is 1.12. The molecule has 0 saturated heterocycles. The molecule has 0 atom stereocenters. The maximum atomic E-state index is 12.0. The molecule has 25 heavy (non-hydrogen) atoms. The highest BCUT2D eigenvalue weighted by Crippen LogP contribution is 2.40. The van der Waals surface area contributed by atoms with E-state index in [9.17, 15) is 4.79 Å². The number of nitrogen functional groups attached to an aromatic ring is 1. The molecule has 2 aliphatic carbocycles. The molecule has 1 fully saturated rings. The molecule has 2 N–H and O–H groups in total. The van der Waals surface area contributed by atoms with Gasteiger partial charge in [-0.3, -0.25) is 4.57 Å². The summed E-state index contributed by atoms with van der Waals surface area (Å²) in [7, 11) is 0. The van der Waals surface area contributed by atoms with E-state index in [-0.39, 0.29) is 5.63 Å². The highest BCUT2D eigenvalue weighted by molar-refractivity contribution is 7.98. The average molecular weight is 354 g/mol. The number of hydrogen-bond acceptors (Lipinski definition) is 6. The van der Waals surface area contributed by atoms with Crippen LogP contribution in [0.4, 0.5) is 5.95 Å². The summed E-state index contributed by atoms with van der Waals surface area (Å²) in [6.07, 6.45) is 5.59. The highest BCUT2D eigenvalue weighted by Gasteiger charge is 2.29. The lowest BCUT2D eigenvalue weighted by Crippen LogP contribution is -2.03. The Kier molecular flexibility index (Phi) is 3.38. The van der Waals surface area contributed by atoms with Crippen molar-refractivity contribution in [2.24, 2.45) is 0 Å². The SMILES string of the molecule is Nc1nnc(SCc2cc(=O)oc3cc4c(cc23)CCC4)n1C1CC1. The zero-order valence-electron chi connectivity index (χ0n) is 13.7. The summed E-state index contributed by atoms with van der Waals surface area (Å²) in [6, 6.07) is 6.25. The molecule has 2 aromatic heterocycles. The van der Waals surface area contributed by atoms with Crippen LogP contribution in [0.15, 0.2) is 32.6 Å². The van der Waals surface area contributed by atoms with E-state index >= 15 is 0 Å². The third kappa shape index (κ3) is 2.63. The molecule has 0 radical (unpaired) electrons. The topological polar surface area (TPSA) is 86.9 Å². The standard InChI is InChI=1S/C18H18N4O2S/c19-17-20-21-18(22(17)13-4-5-13)25-9-12-8-16(23)24-15-7-11-3-1-2-10(11)6-14(12)15/h6-8,13H,1-5,9H2,(H2,19,20). The van der Waals surface area contributed by atoms with E-state index in [1.165, 1.54) is 17.5 Å². The summed E-state index contributed by atoms with van der Waals surface area (Å²) in [5, 5.41) is 10.1. The smallest absolute Gasteiger partial charge is 0.336 e. The Morgan fingerprint density at radius 1 is 1.20 bits per heavy atom. The van der Waals surface area contributed by atoms with Gasteiger partial charge in [-0.1, -0.05) is 11.8 Å². The monoisotopic (exact) mass is 354 g/mol. The molecular formula is C18H18N4O2S. The summed E-state index contributed by atoms with van der Waals surface area (Å²) < 4.78 is 7.45. The van der Waals surface area contributed by atoms with Crippen molar-refractivity contribution in [3.8, 4) is 0 Å². The average Bonchev–Trinajstić information content (AvgIpc) is 3.20. The fourth-order valence-corrected chi connectivity index (χ4v) is 4.62. The Bertz CT molecular complexity index is 1040. The number of nitrogens with zero attached hydrogens (tertiary/aromatic N) is 3.